The smallest absolute Gasteiger partial charge is 0.408 e. The van der Waals surface area contributed by atoms with Crippen LogP contribution >= 0.6 is 0 Å². The highest BCUT2D eigenvalue weighted by Crippen LogP contribution is 2.28. The highest BCUT2D eigenvalue weighted by Gasteiger charge is 2.37. The average molecular weight is 579 g/mol. The van der Waals surface area contributed by atoms with Crippen molar-refractivity contribution in [2.24, 2.45) is 5.73 Å². The van der Waals surface area contributed by atoms with Crippen molar-refractivity contribution in [1.82, 2.24) is 10.2 Å². The zero-order chi connectivity index (χ0) is 31.4. The Morgan fingerprint density at radius 3 is 2.24 bits per heavy atom. The Labute approximate surface area is 249 Å². The Balaban J connectivity index is 2.63. The summed E-state index contributed by atoms with van der Waals surface area (Å²) < 4.78 is 5.36. The van der Waals surface area contributed by atoms with Crippen molar-refractivity contribution >= 4 is 35.6 Å². The molecule has 0 heterocycles. The van der Waals surface area contributed by atoms with Gasteiger partial charge in [0, 0.05) is 12.2 Å². The number of primary amides is 1. The van der Waals surface area contributed by atoms with Crippen molar-refractivity contribution < 1.29 is 23.9 Å². The molecule has 0 radical (unpaired) electrons. The van der Waals surface area contributed by atoms with Gasteiger partial charge in [-0.3, -0.25) is 14.4 Å². The molecular formula is C33H46N4O5. The maximum Gasteiger partial charge on any atom is 0.408 e. The van der Waals surface area contributed by atoms with E-state index in [0.29, 0.717) is 17.7 Å². The number of unbranched alkanes of at least 4 members (excludes halogenated alkanes) is 3. The molecule has 2 atom stereocenters. The highest BCUT2D eigenvalue weighted by molar-refractivity contribution is 6.00. The van der Waals surface area contributed by atoms with E-state index in [2.05, 4.69) is 24.1 Å². The van der Waals surface area contributed by atoms with Gasteiger partial charge in [-0.2, -0.15) is 0 Å². The number of amides is 4. The Bertz CT molecular complexity index is 1250. The number of nitrogens with one attached hydrogen (secondary N) is 2. The molecule has 42 heavy (non-hydrogen) atoms. The first-order chi connectivity index (χ1) is 19.8. The van der Waals surface area contributed by atoms with Crippen LogP contribution in [0.3, 0.4) is 0 Å². The second-order valence-electron chi connectivity index (χ2n) is 11.5. The van der Waals surface area contributed by atoms with Gasteiger partial charge in [0.1, 0.15) is 17.7 Å². The summed E-state index contributed by atoms with van der Waals surface area (Å²) in [6, 6.07) is 10.5. The van der Waals surface area contributed by atoms with Crippen LogP contribution in [0.4, 0.5) is 10.5 Å². The number of hydrogen-bond acceptors (Lipinski definition) is 5. The largest absolute Gasteiger partial charge is 0.444 e. The Morgan fingerprint density at radius 1 is 1.02 bits per heavy atom. The summed E-state index contributed by atoms with van der Waals surface area (Å²) in [5.41, 5.74) is 8.42. The van der Waals surface area contributed by atoms with Gasteiger partial charge in [-0.25, -0.2) is 4.79 Å². The van der Waals surface area contributed by atoms with Gasteiger partial charge in [0.2, 0.25) is 11.8 Å². The van der Waals surface area contributed by atoms with E-state index in [1.807, 2.05) is 38.1 Å². The predicted octanol–water partition coefficient (Wildman–Crippen LogP) is 5.80. The highest BCUT2D eigenvalue weighted by atomic mass is 16.6. The van der Waals surface area contributed by atoms with Crippen molar-refractivity contribution in [2.75, 3.05) is 11.9 Å². The molecule has 0 saturated carbocycles. The van der Waals surface area contributed by atoms with Crippen molar-refractivity contribution in [2.45, 2.75) is 91.3 Å². The van der Waals surface area contributed by atoms with Crippen molar-refractivity contribution in [1.29, 1.82) is 0 Å². The Morgan fingerprint density at radius 2 is 1.67 bits per heavy atom. The molecule has 2 aromatic carbocycles. The molecule has 4 N–H and O–H groups in total. The van der Waals surface area contributed by atoms with Crippen LogP contribution in [-0.2, 0) is 19.1 Å². The molecule has 0 bridgehead atoms. The number of rotatable bonds is 14. The number of nitrogens with two attached hydrogens (primary N) is 1. The normalized spacial score (nSPS) is 12.5. The molecule has 0 aliphatic heterocycles. The lowest BCUT2D eigenvalue weighted by molar-refractivity contribution is -0.142. The number of anilines is 1. The van der Waals surface area contributed by atoms with Crippen LogP contribution in [0.15, 0.2) is 49.0 Å². The fraction of sp³-hybridized carbons (Fsp3) is 0.455. The summed E-state index contributed by atoms with van der Waals surface area (Å²) in [6.07, 6.45) is 3.73. The zero-order valence-corrected chi connectivity index (χ0v) is 25.8. The number of carbonyl (C=O) groups excluding carboxylic acids is 4. The van der Waals surface area contributed by atoms with E-state index < -0.39 is 47.9 Å². The molecule has 2 aromatic rings. The lowest BCUT2D eigenvalue weighted by Gasteiger charge is -2.34. The maximum absolute atomic E-state index is 14.3. The van der Waals surface area contributed by atoms with E-state index in [1.165, 1.54) is 4.90 Å². The van der Waals surface area contributed by atoms with Crippen molar-refractivity contribution in [3.63, 3.8) is 0 Å². The number of nitrogens with zero attached hydrogens (tertiary/aromatic N) is 1. The number of aryl methyl sites for hydroxylation is 2. The fourth-order valence-corrected chi connectivity index (χ4v) is 4.66. The second-order valence-corrected chi connectivity index (χ2v) is 11.5. The van der Waals surface area contributed by atoms with Crippen molar-refractivity contribution in [3.8, 4) is 0 Å². The number of ether oxygens (including phenoxy) is 1. The minimum absolute atomic E-state index is 0.216. The molecule has 2 rings (SSSR count). The van der Waals surface area contributed by atoms with E-state index in [4.69, 9.17) is 10.5 Å². The van der Waals surface area contributed by atoms with Gasteiger partial charge in [0.15, 0.2) is 0 Å². The summed E-state index contributed by atoms with van der Waals surface area (Å²) in [5, 5.41) is 5.56. The molecule has 9 nitrogen and oxygen atoms in total. The molecule has 0 saturated heterocycles. The SMILES string of the molecule is C=Cc1cccc(C(C(=O)Nc2c(C)cccc2C)N(CCCCCC)C(=O)C(CC(N)=O)NC(=O)OC(C)(C)C)c1. The lowest BCUT2D eigenvalue weighted by Crippen LogP contribution is -2.53. The second kappa shape index (κ2) is 15.7. The van der Waals surface area contributed by atoms with Gasteiger partial charge >= 0.3 is 6.09 Å². The monoisotopic (exact) mass is 578 g/mol. The molecule has 0 fully saturated rings. The van der Waals surface area contributed by atoms with Crippen LogP contribution in [0.25, 0.3) is 6.08 Å². The minimum atomic E-state index is -1.33. The van der Waals surface area contributed by atoms with Crippen molar-refractivity contribution in [3.05, 3.63) is 71.3 Å². The molecule has 0 spiro atoms. The number of benzene rings is 2. The molecule has 228 valence electrons. The summed E-state index contributed by atoms with van der Waals surface area (Å²) in [5.74, 6) is -1.81. The summed E-state index contributed by atoms with van der Waals surface area (Å²) in [7, 11) is 0. The number of para-hydroxylation sites is 1. The molecule has 2 unspecified atom stereocenters. The molecule has 4 amide bonds. The van der Waals surface area contributed by atoms with E-state index in [0.717, 1.165) is 36.0 Å². The van der Waals surface area contributed by atoms with Crippen LogP contribution in [-0.4, -0.2) is 46.9 Å². The minimum Gasteiger partial charge on any atom is -0.444 e. The first-order valence-corrected chi connectivity index (χ1v) is 14.4. The zero-order valence-electron chi connectivity index (χ0n) is 25.8. The van der Waals surface area contributed by atoms with Gasteiger partial charge < -0.3 is 26.0 Å². The van der Waals surface area contributed by atoms with E-state index >= 15 is 0 Å². The number of carbonyl (C=O) groups is 4. The van der Waals surface area contributed by atoms with Crippen LogP contribution < -0.4 is 16.4 Å². The number of hydrogen-bond donors (Lipinski definition) is 3. The van der Waals surface area contributed by atoms with Gasteiger partial charge in [-0.1, -0.05) is 75.2 Å². The van der Waals surface area contributed by atoms with Gasteiger partial charge in [-0.05, 0) is 69.4 Å². The lowest BCUT2D eigenvalue weighted by atomic mass is 9.98. The summed E-state index contributed by atoms with van der Waals surface area (Å²) in [6.45, 7) is 15.0. The molecule has 0 aromatic heterocycles. The van der Waals surface area contributed by atoms with Crippen LogP contribution in [0.1, 0.15) is 88.1 Å². The predicted molar refractivity (Wildman–Crippen MR) is 167 cm³/mol. The summed E-state index contributed by atoms with van der Waals surface area (Å²) in [4.78, 5) is 54.6. The van der Waals surface area contributed by atoms with Gasteiger partial charge in [0.05, 0.1) is 6.42 Å². The first kappa shape index (κ1) is 34.1. The van der Waals surface area contributed by atoms with E-state index in [9.17, 15) is 19.2 Å². The average Bonchev–Trinajstić information content (AvgIpc) is 2.90. The third-order valence-electron chi connectivity index (χ3n) is 6.68. The molecule has 0 aliphatic carbocycles. The fourth-order valence-electron chi connectivity index (χ4n) is 4.66. The maximum atomic E-state index is 14.3. The molecule has 0 aliphatic rings. The van der Waals surface area contributed by atoms with Gasteiger partial charge in [0.25, 0.3) is 5.91 Å². The molecule has 9 heteroatoms. The third-order valence-corrected chi connectivity index (χ3v) is 6.68. The number of alkyl carbamates (subject to hydrolysis) is 1. The van der Waals surface area contributed by atoms with Crippen LogP contribution in [0, 0.1) is 13.8 Å². The van der Waals surface area contributed by atoms with E-state index in [-0.39, 0.29) is 6.54 Å². The Hall–Kier alpha value is -4.14. The van der Waals surface area contributed by atoms with Gasteiger partial charge in [-0.15, -0.1) is 0 Å². The van der Waals surface area contributed by atoms with Crippen LogP contribution in [0.2, 0.25) is 0 Å². The standard InChI is InChI=1S/C33H46N4O5/c1-8-10-11-12-19-37(31(40)26(21-27(34)38)35-32(41)42-33(5,6)7)29(25-18-14-17-24(9-2)20-25)30(39)36-28-22(3)15-13-16-23(28)4/h9,13-18,20,26,29H,2,8,10-12,19,21H2,1,3-7H3,(H2,34,38)(H,35,41)(H,36,39). The molecular weight excluding hydrogens is 532 g/mol. The van der Waals surface area contributed by atoms with E-state index in [1.54, 1.807) is 45.0 Å². The Kier molecular flexibility index (Phi) is 12.8. The van der Waals surface area contributed by atoms with Crippen LogP contribution in [0.5, 0.6) is 0 Å². The summed E-state index contributed by atoms with van der Waals surface area (Å²) >= 11 is 0. The third kappa shape index (κ3) is 10.4. The quantitative estimate of drug-likeness (QED) is 0.244. The topological polar surface area (TPSA) is 131 Å². The first-order valence-electron chi connectivity index (χ1n) is 14.4.